The van der Waals surface area contributed by atoms with Crippen molar-refractivity contribution in [3.05, 3.63) is 0 Å². The van der Waals surface area contributed by atoms with Gasteiger partial charge in [-0.15, -0.1) is 0 Å². The highest BCUT2D eigenvalue weighted by molar-refractivity contribution is 4.86. The van der Waals surface area contributed by atoms with Crippen molar-refractivity contribution in [3.63, 3.8) is 0 Å². The lowest BCUT2D eigenvalue weighted by Gasteiger charge is -2.22. The summed E-state index contributed by atoms with van der Waals surface area (Å²) in [4.78, 5) is 0. The summed E-state index contributed by atoms with van der Waals surface area (Å²) in [6.07, 6.45) is 3.17. The van der Waals surface area contributed by atoms with Gasteiger partial charge < -0.3 is 15.2 Å². The fourth-order valence-corrected chi connectivity index (χ4v) is 2.15. The molecule has 0 bridgehead atoms. The number of hydrogen-bond donors (Lipinski definition) is 2. The van der Waals surface area contributed by atoms with Gasteiger partial charge in [-0.3, -0.25) is 0 Å². The Morgan fingerprint density at radius 1 is 1.42 bits per heavy atom. The molecule has 0 amide bonds. The Kier molecular flexibility index (Phi) is 2.63. The molecule has 2 N–H and O–H groups in total. The van der Waals surface area contributed by atoms with Crippen molar-refractivity contribution in [2.24, 2.45) is 5.92 Å². The molecule has 0 aliphatic carbocycles. The molecule has 0 aromatic heterocycles. The van der Waals surface area contributed by atoms with Crippen molar-refractivity contribution < 1.29 is 9.84 Å². The summed E-state index contributed by atoms with van der Waals surface area (Å²) in [5.41, 5.74) is 0. The van der Waals surface area contributed by atoms with Crippen LogP contribution in [0.4, 0.5) is 0 Å². The summed E-state index contributed by atoms with van der Waals surface area (Å²) in [6.45, 7) is 2.64. The molecule has 0 saturated carbocycles. The van der Waals surface area contributed by atoms with Crippen molar-refractivity contribution in [1.82, 2.24) is 5.32 Å². The van der Waals surface area contributed by atoms with Gasteiger partial charge in [-0.1, -0.05) is 0 Å². The van der Waals surface area contributed by atoms with Gasteiger partial charge in [-0.25, -0.2) is 0 Å². The highest BCUT2D eigenvalue weighted by atomic mass is 16.5. The Hall–Kier alpha value is -0.120. The average Bonchev–Trinajstić information content (AvgIpc) is 2.77. The monoisotopic (exact) mass is 171 g/mol. The van der Waals surface area contributed by atoms with Gasteiger partial charge in [0.05, 0.1) is 12.7 Å². The van der Waals surface area contributed by atoms with Crippen LogP contribution in [-0.4, -0.2) is 37.0 Å². The van der Waals surface area contributed by atoms with E-state index >= 15 is 0 Å². The second kappa shape index (κ2) is 3.73. The molecule has 0 spiro atoms. The number of ether oxygens (including phenoxy) is 1. The lowest BCUT2D eigenvalue weighted by molar-refractivity contribution is 0.0650. The number of aliphatic hydroxyl groups excluding tert-OH is 1. The molecule has 2 saturated heterocycles. The fraction of sp³-hybridized carbons (Fsp3) is 1.00. The standard InChI is InChI=1S/C9H17NO2/c11-9(7-3-5-12-6-7)8-2-1-4-10-8/h7-11H,1-6H2. The van der Waals surface area contributed by atoms with Gasteiger partial charge in [0.25, 0.3) is 0 Å². The van der Waals surface area contributed by atoms with Gasteiger partial charge in [0.15, 0.2) is 0 Å². The smallest absolute Gasteiger partial charge is 0.0744 e. The van der Waals surface area contributed by atoms with Crippen LogP contribution < -0.4 is 5.32 Å². The summed E-state index contributed by atoms with van der Waals surface area (Å²) >= 11 is 0. The molecule has 3 unspecified atom stereocenters. The lowest BCUT2D eigenvalue weighted by Crippen LogP contribution is -2.40. The largest absolute Gasteiger partial charge is 0.391 e. The topological polar surface area (TPSA) is 41.5 Å². The summed E-state index contributed by atoms with van der Waals surface area (Å²) in [5, 5.41) is 13.2. The van der Waals surface area contributed by atoms with Gasteiger partial charge in [-0.2, -0.15) is 0 Å². The molecule has 2 heterocycles. The van der Waals surface area contributed by atoms with Crippen LogP contribution in [0.15, 0.2) is 0 Å². The predicted molar refractivity (Wildman–Crippen MR) is 46.0 cm³/mol. The van der Waals surface area contributed by atoms with Gasteiger partial charge in [0.2, 0.25) is 0 Å². The van der Waals surface area contributed by atoms with E-state index in [1.165, 1.54) is 6.42 Å². The minimum atomic E-state index is -0.185. The van der Waals surface area contributed by atoms with E-state index in [1.54, 1.807) is 0 Å². The third-order valence-electron chi connectivity index (χ3n) is 2.96. The quantitative estimate of drug-likeness (QED) is 0.621. The van der Waals surface area contributed by atoms with Gasteiger partial charge in [0.1, 0.15) is 0 Å². The maximum absolute atomic E-state index is 9.91. The normalized spacial score (nSPS) is 38.8. The first kappa shape index (κ1) is 8.48. The van der Waals surface area contributed by atoms with E-state index in [2.05, 4.69) is 5.32 Å². The van der Waals surface area contributed by atoms with Crippen molar-refractivity contribution in [3.8, 4) is 0 Å². The van der Waals surface area contributed by atoms with E-state index in [1.807, 2.05) is 0 Å². The van der Waals surface area contributed by atoms with Crippen LogP contribution in [-0.2, 0) is 4.74 Å². The first-order valence-corrected chi connectivity index (χ1v) is 4.87. The zero-order valence-electron chi connectivity index (χ0n) is 7.33. The van der Waals surface area contributed by atoms with Crippen LogP contribution in [0.1, 0.15) is 19.3 Å². The molecule has 3 nitrogen and oxygen atoms in total. The molecule has 0 aromatic carbocycles. The maximum atomic E-state index is 9.91. The first-order valence-electron chi connectivity index (χ1n) is 4.87. The zero-order valence-corrected chi connectivity index (χ0v) is 7.33. The van der Waals surface area contributed by atoms with Crippen molar-refractivity contribution in [1.29, 1.82) is 0 Å². The van der Waals surface area contributed by atoms with Gasteiger partial charge in [0, 0.05) is 18.6 Å². The van der Waals surface area contributed by atoms with Crippen LogP contribution in [0.3, 0.4) is 0 Å². The first-order chi connectivity index (χ1) is 5.88. The molecule has 2 fully saturated rings. The SMILES string of the molecule is OC(C1CCOC1)C1CCCN1. The number of rotatable bonds is 2. The Bertz CT molecular complexity index is 123. The highest BCUT2D eigenvalue weighted by Gasteiger charge is 2.31. The van der Waals surface area contributed by atoms with Gasteiger partial charge in [-0.05, 0) is 25.8 Å². The van der Waals surface area contributed by atoms with E-state index in [0.717, 1.165) is 32.6 Å². The van der Waals surface area contributed by atoms with Crippen LogP contribution in [0.2, 0.25) is 0 Å². The third-order valence-corrected chi connectivity index (χ3v) is 2.96. The number of nitrogens with one attached hydrogen (secondary N) is 1. The molecular formula is C9H17NO2. The Balaban J connectivity index is 1.84. The maximum Gasteiger partial charge on any atom is 0.0744 e. The molecule has 3 atom stereocenters. The van der Waals surface area contributed by atoms with E-state index in [-0.39, 0.29) is 6.10 Å². The highest BCUT2D eigenvalue weighted by Crippen LogP contribution is 2.22. The molecule has 2 aliphatic heterocycles. The molecule has 2 rings (SSSR count). The minimum Gasteiger partial charge on any atom is -0.391 e. The van der Waals surface area contributed by atoms with E-state index in [0.29, 0.717) is 12.0 Å². The van der Waals surface area contributed by atoms with Crippen LogP contribution in [0.25, 0.3) is 0 Å². The molecule has 70 valence electrons. The van der Waals surface area contributed by atoms with E-state index in [9.17, 15) is 5.11 Å². The summed E-state index contributed by atoms with van der Waals surface area (Å²) in [5.74, 6) is 0.376. The number of hydrogen-bond acceptors (Lipinski definition) is 3. The van der Waals surface area contributed by atoms with Crippen molar-refractivity contribution >= 4 is 0 Å². The molecule has 3 heteroatoms. The van der Waals surface area contributed by atoms with Crippen LogP contribution >= 0.6 is 0 Å². The van der Waals surface area contributed by atoms with Crippen LogP contribution in [0.5, 0.6) is 0 Å². The molecule has 0 radical (unpaired) electrons. The minimum absolute atomic E-state index is 0.185. The number of aliphatic hydroxyl groups is 1. The van der Waals surface area contributed by atoms with E-state index < -0.39 is 0 Å². The molecule has 12 heavy (non-hydrogen) atoms. The fourth-order valence-electron chi connectivity index (χ4n) is 2.15. The molecule has 2 aliphatic rings. The predicted octanol–water partition coefficient (Wildman–Crippen LogP) is 0.136. The lowest BCUT2D eigenvalue weighted by atomic mass is 9.95. The Morgan fingerprint density at radius 2 is 2.33 bits per heavy atom. The summed E-state index contributed by atoms with van der Waals surface area (Å²) in [7, 11) is 0. The van der Waals surface area contributed by atoms with Crippen molar-refractivity contribution in [2.75, 3.05) is 19.8 Å². The Morgan fingerprint density at radius 3 is 2.92 bits per heavy atom. The van der Waals surface area contributed by atoms with Crippen molar-refractivity contribution in [2.45, 2.75) is 31.4 Å². The third kappa shape index (κ3) is 1.63. The average molecular weight is 171 g/mol. The van der Waals surface area contributed by atoms with Gasteiger partial charge >= 0.3 is 0 Å². The molecule has 0 aromatic rings. The zero-order chi connectivity index (χ0) is 8.39. The molecular weight excluding hydrogens is 154 g/mol. The Labute approximate surface area is 73.1 Å². The summed E-state index contributed by atoms with van der Waals surface area (Å²) < 4.78 is 5.25. The van der Waals surface area contributed by atoms with E-state index in [4.69, 9.17) is 4.74 Å². The van der Waals surface area contributed by atoms with Crippen LogP contribution in [0, 0.1) is 5.92 Å². The summed E-state index contributed by atoms with van der Waals surface area (Å²) in [6, 6.07) is 0.330. The second-order valence-corrected chi connectivity index (χ2v) is 3.82. The second-order valence-electron chi connectivity index (χ2n) is 3.82.